The molecule has 2 aromatic rings. The van der Waals surface area contributed by atoms with Gasteiger partial charge in [0.25, 0.3) is 0 Å². The zero-order valence-corrected chi connectivity index (χ0v) is 10.9. The van der Waals surface area contributed by atoms with Crippen LogP contribution in [0.15, 0.2) is 24.4 Å². The van der Waals surface area contributed by atoms with Gasteiger partial charge in [0.05, 0.1) is 23.0 Å². The third-order valence-electron chi connectivity index (χ3n) is 2.96. The highest BCUT2D eigenvalue weighted by Gasteiger charge is 2.17. The number of aromatic carboxylic acids is 1. The predicted molar refractivity (Wildman–Crippen MR) is 68.6 cm³/mol. The maximum atomic E-state index is 13.7. The summed E-state index contributed by atoms with van der Waals surface area (Å²) < 4.78 is 28.6. The third-order valence-corrected chi connectivity index (χ3v) is 2.96. The fourth-order valence-electron chi connectivity index (χ4n) is 1.94. The molecule has 0 saturated carbocycles. The molecule has 1 heterocycles. The number of nitrogens with zero attached hydrogens (tertiary/aromatic N) is 2. The minimum Gasteiger partial charge on any atom is -0.478 e. The minimum absolute atomic E-state index is 0.0718. The number of anilines is 1. The number of carboxylic acids is 1. The van der Waals surface area contributed by atoms with Crippen molar-refractivity contribution in [2.24, 2.45) is 7.05 Å². The number of carbonyl (C=O) groups is 1. The van der Waals surface area contributed by atoms with Crippen LogP contribution in [0.5, 0.6) is 0 Å². The Balaban J connectivity index is 2.32. The first-order chi connectivity index (χ1) is 9.40. The SMILES string of the molecule is CC(Nc1cc(C(=O)O)c(F)cc1F)c1ccnn1C. The van der Waals surface area contributed by atoms with Gasteiger partial charge in [0.2, 0.25) is 0 Å². The number of halogens is 2. The van der Waals surface area contributed by atoms with E-state index in [1.807, 2.05) is 0 Å². The van der Waals surface area contributed by atoms with Crippen LogP contribution in [0.2, 0.25) is 0 Å². The van der Waals surface area contributed by atoms with Crippen LogP contribution < -0.4 is 5.32 Å². The number of hydrogen-bond acceptors (Lipinski definition) is 3. The van der Waals surface area contributed by atoms with E-state index in [9.17, 15) is 13.6 Å². The second-order valence-electron chi connectivity index (χ2n) is 4.36. The molecule has 2 rings (SSSR count). The lowest BCUT2D eigenvalue weighted by molar-refractivity contribution is 0.0692. The average Bonchev–Trinajstić information content (AvgIpc) is 2.78. The van der Waals surface area contributed by atoms with Crippen LogP contribution in [0.4, 0.5) is 14.5 Å². The topological polar surface area (TPSA) is 67.2 Å². The molecular weight excluding hydrogens is 268 g/mol. The summed E-state index contributed by atoms with van der Waals surface area (Å²) in [5.41, 5.74) is 0.134. The molecule has 0 spiro atoms. The number of hydrogen-bond donors (Lipinski definition) is 2. The summed E-state index contributed by atoms with van der Waals surface area (Å²) in [6, 6.07) is 2.93. The summed E-state index contributed by atoms with van der Waals surface area (Å²) in [6.07, 6.45) is 1.59. The summed E-state index contributed by atoms with van der Waals surface area (Å²) in [5, 5.41) is 15.6. The summed E-state index contributed by atoms with van der Waals surface area (Å²) >= 11 is 0. The Morgan fingerprint density at radius 1 is 1.40 bits per heavy atom. The molecule has 0 bridgehead atoms. The number of nitrogens with one attached hydrogen (secondary N) is 1. The molecule has 1 aromatic heterocycles. The highest BCUT2D eigenvalue weighted by molar-refractivity contribution is 5.89. The number of carboxylic acid groups (broad SMARTS) is 1. The molecule has 0 amide bonds. The molecule has 20 heavy (non-hydrogen) atoms. The van der Waals surface area contributed by atoms with Gasteiger partial charge in [-0.2, -0.15) is 5.10 Å². The van der Waals surface area contributed by atoms with Crippen LogP contribution in [0.3, 0.4) is 0 Å². The van der Waals surface area contributed by atoms with Crippen molar-refractivity contribution in [1.29, 1.82) is 0 Å². The van der Waals surface area contributed by atoms with Gasteiger partial charge in [0.1, 0.15) is 11.6 Å². The molecule has 1 unspecified atom stereocenters. The fraction of sp³-hybridized carbons (Fsp3) is 0.231. The van der Waals surface area contributed by atoms with Crippen LogP contribution in [0.25, 0.3) is 0 Å². The lowest BCUT2D eigenvalue weighted by Crippen LogP contribution is -2.13. The Bertz CT molecular complexity index is 655. The van der Waals surface area contributed by atoms with Crippen molar-refractivity contribution in [2.75, 3.05) is 5.32 Å². The van der Waals surface area contributed by atoms with Crippen LogP contribution in [0, 0.1) is 11.6 Å². The number of aryl methyl sites for hydroxylation is 1. The maximum absolute atomic E-state index is 13.7. The van der Waals surface area contributed by atoms with Crippen LogP contribution in [-0.4, -0.2) is 20.9 Å². The van der Waals surface area contributed by atoms with E-state index in [1.54, 1.807) is 30.9 Å². The first-order valence-electron chi connectivity index (χ1n) is 5.87. The molecule has 1 atom stereocenters. The quantitative estimate of drug-likeness (QED) is 0.904. The number of aromatic nitrogens is 2. The zero-order chi connectivity index (χ0) is 14.9. The molecule has 0 aliphatic carbocycles. The summed E-state index contributed by atoms with van der Waals surface area (Å²) in [6.45, 7) is 1.76. The molecule has 0 aliphatic heterocycles. The van der Waals surface area contributed by atoms with Crippen molar-refractivity contribution in [2.45, 2.75) is 13.0 Å². The maximum Gasteiger partial charge on any atom is 0.338 e. The van der Waals surface area contributed by atoms with E-state index in [0.29, 0.717) is 6.07 Å². The molecule has 0 radical (unpaired) electrons. The third kappa shape index (κ3) is 2.61. The van der Waals surface area contributed by atoms with E-state index < -0.39 is 23.2 Å². The average molecular weight is 281 g/mol. The zero-order valence-electron chi connectivity index (χ0n) is 10.9. The van der Waals surface area contributed by atoms with Gasteiger partial charge < -0.3 is 10.4 Å². The van der Waals surface area contributed by atoms with Crippen molar-refractivity contribution in [3.8, 4) is 0 Å². The molecule has 5 nitrogen and oxygen atoms in total. The Morgan fingerprint density at radius 3 is 2.65 bits per heavy atom. The van der Waals surface area contributed by atoms with Crippen molar-refractivity contribution in [1.82, 2.24) is 9.78 Å². The van der Waals surface area contributed by atoms with Crippen molar-refractivity contribution in [3.05, 3.63) is 47.3 Å². The van der Waals surface area contributed by atoms with E-state index in [4.69, 9.17) is 5.11 Å². The molecule has 106 valence electrons. The van der Waals surface area contributed by atoms with Gasteiger partial charge in [0, 0.05) is 19.3 Å². The molecule has 1 aromatic carbocycles. The molecule has 0 fully saturated rings. The van der Waals surface area contributed by atoms with E-state index in [2.05, 4.69) is 10.4 Å². The standard InChI is InChI=1S/C13H13F2N3O2/c1-7(12-3-4-16-18(12)2)17-11-5-8(13(19)20)9(14)6-10(11)15/h3-7,17H,1-2H3,(H,19,20). The summed E-state index contributed by atoms with van der Waals surface area (Å²) in [4.78, 5) is 10.8. The van der Waals surface area contributed by atoms with Crippen molar-refractivity contribution >= 4 is 11.7 Å². The van der Waals surface area contributed by atoms with Gasteiger partial charge in [-0.05, 0) is 19.1 Å². The largest absolute Gasteiger partial charge is 0.478 e. The van der Waals surface area contributed by atoms with Gasteiger partial charge in [-0.1, -0.05) is 0 Å². The molecule has 0 saturated heterocycles. The number of rotatable bonds is 4. The summed E-state index contributed by atoms with van der Waals surface area (Å²) in [7, 11) is 1.73. The normalized spacial score (nSPS) is 12.2. The Kier molecular flexibility index (Phi) is 3.69. The monoisotopic (exact) mass is 281 g/mol. The Labute approximate surface area is 113 Å². The van der Waals surface area contributed by atoms with Crippen molar-refractivity contribution in [3.63, 3.8) is 0 Å². The van der Waals surface area contributed by atoms with Gasteiger partial charge in [-0.15, -0.1) is 0 Å². The van der Waals surface area contributed by atoms with E-state index in [1.165, 1.54) is 0 Å². The highest BCUT2D eigenvalue weighted by atomic mass is 19.1. The lowest BCUT2D eigenvalue weighted by atomic mass is 10.1. The Hall–Kier alpha value is -2.44. The van der Waals surface area contributed by atoms with E-state index >= 15 is 0 Å². The second-order valence-corrected chi connectivity index (χ2v) is 4.36. The minimum atomic E-state index is -1.45. The summed E-state index contributed by atoms with van der Waals surface area (Å²) in [5.74, 6) is -3.39. The van der Waals surface area contributed by atoms with E-state index in [-0.39, 0.29) is 11.7 Å². The first-order valence-corrected chi connectivity index (χ1v) is 5.87. The lowest BCUT2D eigenvalue weighted by Gasteiger charge is -2.16. The Morgan fingerprint density at radius 2 is 2.10 bits per heavy atom. The molecule has 0 aliphatic rings. The second kappa shape index (κ2) is 5.28. The fourth-order valence-corrected chi connectivity index (χ4v) is 1.94. The highest BCUT2D eigenvalue weighted by Crippen LogP contribution is 2.24. The van der Waals surface area contributed by atoms with Gasteiger partial charge in [-0.3, -0.25) is 4.68 Å². The van der Waals surface area contributed by atoms with Crippen LogP contribution in [-0.2, 0) is 7.05 Å². The van der Waals surface area contributed by atoms with Crippen LogP contribution in [0.1, 0.15) is 29.0 Å². The van der Waals surface area contributed by atoms with Gasteiger partial charge in [0.15, 0.2) is 0 Å². The van der Waals surface area contributed by atoms with E-state index in [0.717, 1.165) is 11.8 Å². The van der Waals surface area contributed by atoms with Crippen LogP contribution >= 0.6 is 0 Å². The van der Waals surface area contributed by atoms with Gasteiger partial charge in [-0.25, -0.2) is 13.6 Å². The molecule has 7 heteroatoms. The predicted octanol–water partition coefficient (Wildman–Crippen LogP) is 2.57. The number of benzene rings is 1. The molecule has 2 N–H and O–H groups in total. The smallest absolute Gasteiger partial charge is 0.338 e. The van der Waals surface area contributed by atoms with Crippen molar-refractivity contribution < 1.29 is 18.7 Å². The molecular formula is C13H13F2N3O2. The van der Waals surface area contributed by atoms with Gasteiger partial charge >= 0.3 is 5.97 Å². The first kappa shape index (κ1) is 14.0.